The number of ether oxygens (including phenoxy) is 1. The summed E-state index contributed by atoms with van der Waals surface area (Å²) in [5, 5.41) is 0. The molecule has 1 atom stereocenters. The van der Waals surface area contributed by atoms with E-state index in [1.54, 1.807) is 0 Å². The highest BCUT2D eigenvalue weighted by Crippen LogP contribution is 2.31. The van der Waals surface area contributed by atoms with Crippen LogP contribution in [0.5, 0.6) is 5.88 Å². The number of nitrogens with one attached hydrogen (secondary N) is 1. The monoisotopic (exact) mass is 545 g/mol. The van der Waals surface area contributed by atoms with Gasteiger partial charge in [-0.15, -0.1) is 0 Å². The summed E-state index contributed by atoms with van der Waals surface area (Å²) >= 11 is 1.40. The third-order valence-electron chi connectivity index (χ3n) is 7.33. The van der Waals surface area contributed by atoms with Crippen molar-refractivity contribution < 1.29 is 9.53 Å². The van der Waals surface area contributed by atoms with E-state index in [-0.39, 0.29) is 12.0 Å². The average Bonchev–Trinajstić information content (AvgIpc) is 3.08. The number of rotatable bonds is 4. The first-order chi connectivity index (χ1) is 18.6. The van der Waals surface area contributed by atoms with Gasteiger partial charge in [0.05, 0.1) is 12.2 Å². The van der Waals surface area contributed by atoms with Gasteiger partial charge in [0, 0.05) is 41.7 Å². The number of carbonyl (C=O) groups is 1. The summed E-state index contributed by atoms with van der Waals surface area (Å²) in [7, 11) is 0. The Morgan fingerprint density at radius 1 is 1.03 bits per heavy atom. The van der Waals surface area contributed by atoms with Gasteiger partial charge in [0.15, 0.2) is 0 Å². The molecule has 1 fully saturated rings. The van der Waals surface area contributed by atoms with Crippen LogP contribution in [0.15, 0.2) is 53.4 Å². The molecular formula is C31H39N5O2S. The van der Waals surface area contributed by atoms with Gasteiger partial charge in [-0.05, 0) is 79.9 Å². The van der Waals surface area contributed by atoms with Gasteiger partial charge in [0.25, 0.3) is 5.91 Å². The summed E-state index contributed by atoms with van der Waals surface area (Å²) in [6.45, 7) is 14.8. The molecule has 0 aliphatic carbocycles. The number of carbonyl (C=O) groups excluding carboxylic acids is 1. The lowest BCUT2D eigenvalue weighted by Crippen LogP contribution is -2.40. The second-order valence-corrected chi connectivity index (χ2v) is 12.7. The first-order valence-corrected chi connectivity index (χ1v) is 14.6. The molecule has 1 aromatic heterocycles. The van der Waals surface area contributed by atoms with E-state index in [0.717, 1.165) is 59.8 Å². The van der Waals surface area contributed by atoms with Crippen LogP contribution in [0.4, 0.5) is 5.95 Å². The average molecular weight is 546 g/mol. The standard InChI is InChI=1S/C31H39N5O2S/c1-21-9-6-10-22(2)28(21)26-18-27-33-30(32-26)34-39-25-12-7-11-23(17-25)29(37)36-16-15-35(19-24(20-36)38-27)14-8-13-31(3,4)5/h6-7,9-12,17-18,24H,8,13-16,19-20H2,1-5H3,(H,32,33,34). The number of hydrogen-bond acceptors (Lipinski definition) is 7. The quantitative estimate of drug-likeness (QED) is 0.390. The fourth-order valence-electron chi connectivity index (χ4n) is 5.36. The highest BCUT2D eigenvalue weighted by Gasteiger charge is 2.29. The van der Waals surface area contributed by atoms with Crippen molar-refractivity contribution in [3.63, 3.8) is 0 Å². The maximum Gasteiger partial charge on any atom is 0.254 e. The largest absolute Gasteiger partial charge is 0.471 e. The minimum absolute atomic E-state index is 0.0378. The van der Waals surface area contributed by atoms with E-state index in [4.69, 9.17) is 14.7 Å². The van der Waals surface area contributed by atoms with Crippen molar-refractivity contribution in [3.05, 3.63) is 65.2 Å². The van der Waals surface area contributed by atoms with Crippen molar-refractivity contribution in [1.29, 1.82) is 0 Å². The lowest BCUT2D eigenvalue weighted by atomic mass is 9.90. The Morgan fingerprint density at radius 2 is 1.79 bits per heavy atom. The normalized spacial score (nSPS) is 18.2. The Bertz CT molecular complexity index is 1320. The molecule has 0 spiro atoms. The van der Waals surface area contributed by atoms with Crippen molar-refractivity contribution in [2.24, 2.45) is 5.41 Å². The lowest BCUT2D eigenvalue weighted by Gasteiger charge is -2.26. The molecule has 6 bridgehead atoms. The molecule has 2 aliphatic heterocycles. The van der Waals surface area contributed by atoms with E-state index < -0.39 is 0 Å². The summed E-state index contributed by atoms with van der Waals surface area (Å²) in [5.74, 6) is 1.04. The van der Waals surface area contributed by atoms with Crippen molar-refractivity contribution in [2.45, 2.75) is 58.5 Å². The summed E-state index contributed by atoms with van der Waals surface area (Å²) in [5.41, 5.74) is 5.20. The molecule has 0 saturated carbocycles. The molecule has 39 heavy (non-hydrogen) atoms. The summed E-state index contributed by atoms with van der Waals surface area (Å²) < 4.78 is 9.91. The molecule has 1 saturated heterocycles. The Morgan fingerprint density at radius 3 is 2.56 bits per heavy atom. The number of nitrogens with zero attached hydrogens (tertiary/aromatic N) is 4. The van der Waals surface area contributed by atoms with Crippen LogP contribution >= 0.6 is 11.9 Å². The Balaban J connectivity index is 1.51. The summed E-state index contributed by atoms with van der Waals surface area (Å²) in [6.07, 6.45) is 2.06. The third kappa shape index (κ3) is 6.92. The van der Waals surface area contributed by atoms with Crippen molar-refractivity contribution in [1.82, 2.24) is 19.8 Å². The number of benzene rings is 2. The predicted molar refractivity (Wildman–Crippen MR) is 158 cm³/mol. The zero-order valence-corrected chi connectivity index (χ0v) is 24.5. The molecule has 1 N–H and O–H groups in total. The van der Waals surface area contributed by atoms with Crippen LogP contribution in [0, 0.1) is 19.3 Å². The van der Waals surface area contributed by atoms with Crippen LogP contribution in [0.2, 0.25) is 0 Å². The van der Waals surface area contributed by atoms with E-state index in [0.29, 0.717) is 35.9 Å². The van der Waals surface area contributed by atoms with Gasteiger partial charge in [-0.1, -0.05) is 45.0 Å². The van der Waals surface area contributed by atoms with Crippen LogP contribution < -0.4 is 9.46 Å². The van der Waals surface area contributed by atoms with Crippen LogP contribution in [-0.4, -0.2) is 64.5 Å². The van der Waals surface area contributed by atoms with E-state index in [1.165, 1.54) is 11.9 Å². The minimum Gasteiger partial charge on any atom is -0.471 e. The number of aryl methyl sites for hydroxylation is 2. The first-order valence-electron chi connectivity index (χ1n) is 13.8. The number of aromatic nitrogens is 2. The van der Waals surface area contributed by atoms with E-state index in [9.17, 15) is 4.79 Å². The number of hydrogen-bond donors (Lipinski definition) is 1. The molecule has 8 heteroatoms. The van der Waals surface area contributed by atoms with Crippen molar-refractivity contribution in [3.8, 4) is 17.1 Å². The Labute approximate surface area is 236 Å². The van der Waals surface area contributed by atoms with Gasteiger partial charge in [0.2, 0.25) is 11.8 Å². The van der Waals surface area contributed by atoms with Gasteiger partial charge >= 0.3 is 0 Å². The number of fused-ring (bicyclic) bond motifs is 6. The first kappa shape index (κ1) is 27.5. The second-order valence-electron chi connectivity index (χ2n) is 11.9. The van der Waals surface area contributed by atoms with Gasteiger partial charge < -0.3 is 9.64 Å². The maximum absolute atomic E-state index is 13.6. The molecule has 206 valence electrons. The molecular weight excluding hydrogens is 506 g/mol. The summed E-state index contributed by atoms with van der Waals surface area (Å²) in [4.78, 5) is 28.6. The molecule has 5 rings (SSSR count). The molecule has 2 aromatic carbocycles. The zero-order valence-electron chi connectivity index (χ0n) is 23.7. The van der Waals surface area contributed by atoms with Crippen molar-refractivity contribution in [2.75, 3.05) is 37.4 Å². The highest BCUT2D eigenvalue weighted by molar-refractivity contribution is 8.00. The van der Waals surface area contributed by atoms with E-state index in [1.807, 2.05) is 35.2 Å². The van der Waals surface area contributed by atoms with Gasteiger partial charge in [-0.25, -0.2) is 4.98 Å². The van der Waals surface area contributed by atoms with Crippen LogP contribution in [0.3, 0.4) is 0 Å². The molecule has 7 nitrogen and oxygen atoms in total. The number of anilines is 1. The SMILES string of the molecule is Cc1cccc(C)c1-c1cc2nc(n1)NSc1cccc(c1)C(=O)N1CCN(CCCC(C)(C)C)CC(C1)O2. The molecule has 1 amide bonds. The third-order valence-corrected chi connectivity index (χ3v) is 8.10. The van der Waals surface area contributed by atoms with Crippen LogP contribution in [0.25, 0.3) is 11.3 Å². The molecule has 1 unspecified atom stereocenters. The number of amides is 1. The van der Waals surface area contributed by atoms with Crippen molar-refractivity contribution >= 4 is 23.8 Å². The Hall–Kier alpha value is -3.10. The van der Waals surface area contributed by atoms with E-state index >= 15 is 0 Å². The fraction of sp³-hybridized carbons (Fsp3) is 0.452. The van der Waals surface area contributed by atoms with Gasteiger partial charge in [-0.2, -0.15) is 4.98 Å². The lowest BCUT2D eigenvalue weighted by molar-refractivity contribution is 0.0690. The second kappa shape index (κ2) is 11.6. The maximum atomic E-state index is 13.6. The molecule has 2 aliphatic rings. The molecule has 3 heterocycles. The topological polar surface area (TPSA) is 70.6 Å². The zero-order chi connectivity index (χ0) is 27.6. The molecule has 0 radical (unpaired) electrons. The van der Waals surface area contributed by atoms with E-state index in [2.05, 4.69) is 62.4 Å². The van der Waals surface area contributed by atoms with Gasteiger partial charge in [0.1, 0.15) is 6.10 Å². The smallest absolute Gasteiger partial charge is 0.254 e. The van der Waals surface area contributed by atoms with Crippen LogP contribution in [-0.2, 0) is 0 Å². The highest BCUT2D eigenvalue weighted by atomic mass is 32.2. The summed E-state index contributed by atoms with van der Waals surface area (Å²) in [6, 6.07) is 16.0. The predicted octanol–water partition coefficient (Wildman–Crippen LogP) is 6.22. The Kier molecular flexibility index (Phi) is 8.14. The van der Waals surface area contributed by atoms with Gasteiger partial charge in [-0.3, -0.25) is 14.4 Å². The minimum atomic E-state index is -0.212. The molecule has 3 aromatic rings. The van der Waals surface area contributed by atoms with Crippen LogP contribution in [0.1, 0.15) is 55.1 Å². The fourth-order valence-corrected chi connectivity index (χ4v) is 5.99.